The molecule has 2 N–H and O–H groups in total. The van der Waals surface area contributed by atoms with Gasteiger partial charge in [0, 0.05) is 6.20 Å². The Labute approximate surface area is 96.9 Å². The van der Waals surface area contributed by atoms with Crippen molar-refractivity contribution in [1.29, 1.82) is 5.26 Å². The van der Waals surface area contributed by atoms with Crippen LogP contribution in [0.25, 0.3) is 5.82 Å². The third-order valence-electron chi connectivity index (χ3n) is 2.04. The first kappa shape index (κ1) is 10.5. The van der Waals surface area contributed by atoms with E-state index in [1.165, 1.54) is 11.8 Å². The molecule has 0 aliphatic rings. The molecular formula is C10H9N5S. The molecular weight excluding hydrogens is 222 g/mol. The highest BCUT2D eigenvalue weighted by atomic mass is 32.2. The summed E-state index contributed by atoms with van der Waals surface area (Å²) in [6.45, 7) is 0. The highest BCUT2D eigenvalue weighted by Gasteiger charge is 2.16. The number of hydrogen-bond acceptors (Lipinski definition) is 5. The maximum absolute atomic E-state index is 8.97. The Morgan fingerprint density at radius 1 is 1.50 bits per heavy atom. The summed E-state index contributed by atoms with van der Waals surface area (Å²) in [5, 5.41) is 13.8. The molecule has 0 saturated carbocycles. The van der Waals surface area contributed by atoms with Gasteiger partial charge in [0.15, 0.2) is 11.6 Å². The van der Waals surface area contributed by atoms with Crippen LogP contribution < -0.4 is 5.73 Å². The van der Waals surface area contributed by atoms with Crippen molar-refractivity contribution >= 4 is 17.6 Å². The van der Waals surface area contributed by atoms with Crippen molar-refractivity contribution in [3.05, 3.63) is 30.0 Å². The first-order valence-electron chi connectivity index (χ1n) is 4.52. The summed E-state index contributed by atoms with van der Waals surface area (Å²) in [5.41, 5.74) is 6.07. The van der Waals surface area contributed by atoms with Crippen molar-refractivity contribution in [3.8, 4) is 11.9 Å². The van der Waals surface area contributed by atoms with Crippen molar-refractivity contribution in [2.75, 3.05) is 12.0 Å². The van der Waals surface area contributed by atoms with E-state index in [0.29, 0.717) is 16.4 Å². The Hall–Kier alpha value is -2.00. The minimum Gasteiger partial charge on any atom is -0.381 e. The summed E-state index contributed by atoms with van der Waals surface area (Å²) < 4.78 is 1.58. The molecule has 2 aromatic heterocycles. The average Bonchev–Trinajstić information content (AvgIpc) is 2.66. The summed E-state index contributed by atoms with van der Waals surface area (Å²) in [7, 11) is 0. The van der Waals surface area contributed by atoms with E-state index >= 15 is 0 Å². The monoisotopic (exact) mass is 231 g/mol. The summed E-state index contributed by atoms with van der Waals surface area (Å²) in [4.78, 5) is 4.17. The largest absolute Gasteiger partial charge is 0.381 e. The second kappa shape index (κ2) is 4.24. The molecule has 6 heteroatoms. The van der Waals surface area contributed by atoms with Gasteiger partial charge in [-0.25, -0.2) is 9.67 Å². The van der Waals surface area contributed by atoms with Gasteiger partial charge in [0.2, 0.25) is 0 Å². The van der Waals surface area contributed by atoms with E-state index in [0.717, 1.165) is 0 Å². The van der Waals surface area contributed by atoms with Crippen LogP contribution in [0.2, 0.25) is 0 Å². The van der Waals surface area contributed by atoms with Gasteiger partial charge in [0.25, 0.3) is 0 Å². The molecule has 2 heterocycles. The first-order chi connectivity index (χ1) is 7.77. The lowest BCUT2D eigenvalue weighted by Gasteiger charge is -2.02. The van der Waals surface area contributed by atoms with Gasteiger partial charge in [-0.1, -0.05) is 6.07 Å². The standard InChI is InChI=1S/C10H9N5S/c1-16-10-7(6-11)9(12)14-15(10)8-4-2-3-5-13-8/h2-5H,1H3,(H2,12,14). The predicted octanol–water partition coefficient (Wildman–Crippen LogP) is 1.44. The van der Waals surface area contributed by atoms with Gasteiger partial charge in [-0.3, -0.25) is 0 Å². The van der Waals surface area contributed by atoms with Crippen LogP contribution in [-0.2, 0) is 0 Å². The smallest absolute Gasteiger partial charge is 0.165 e. The first-order valence-corrected chi connectivity index (χ1v) is 5.74. The zero-order chi connectivity index (χ0) is 11.5. The summed E-state index contributed by atoms with van der Waals surface area (Å²) in [6, 6.07) is 7.54. The maximum atomic E-state index is 8.97. The summed E-state index contributed by atoms with van der Waals surface area (Å²) in [6.07, 6.45) is 3.54. The number of pyridine rings is 1. The number of nitrogens with zero attached hydrogens (tertiary/aromatic N) is 4. The van der Waals surface area contributed by atoms with Gasteiger partial charge >= 0.3 is 0 Å². The Morgan fingerprint density at radius 3 is 2.88 bits per heavy atom. The molecule has 80 valence electrons. The fourth-order valence-electron chi connectivity index (χ4n) is 1.35. The third-order valence-corrected chi connectivity index (χ3v) is 2.81. The zero-order valence-corrected chi connectivity index (χ0v) is 9.40. The van der Waals surface area contributed by atoms with Crippen LogP contribution in [0, 0.1) is 11.3 Å². The van der Waals surface area contributed by atoms with E-state index in [1.54, 1.807) is 10.9 Å². The van der Waals surface area contributed by atoms with E-state index in [9.17, 15) is 0 Å². The summed E-state index contributed by atoms with van der Waals surface area (Å²) >= 11 is 1.42. The Morgan fingerprint density at radius 2 is 2.31 bits per heavy atom. The van der Waals surface area contributed by atoms with E-state index in [2.05, 4.69) is 10.1 Å². The van der Waals surface area contributed by atoms with Crippen molar-refractivity contribution in [3.63, 3.8) is 0 Å². The van der Waals surface area contributed by atoms with Gasteiger partial charge in [-0.05, 0) is 18.4 Å². The number of hydrogen-bond donors (Lipinski definition) is 1. The quantitative estimate of drug-likeness (QED) is 0.791. The lowest BCUT2D eigenvalue weighted by atomic mass is 10.4. The Balaban J connectivity index is 2.63. The number of nitrogen functional groups attached to an aromatic ring is 1. The second-order valence-electron chi connectivity index (χ2n) is 2.98. The number of nitrogens with two attached hydrogens (primary N) is 1. The van der Waals surface area contributed by atoms with Gasteiger partial charge < -0.3 is 5.73 Å². The molecule has 16 heavy (non-hydrogen) atoms. The van der Waals surface area contributed by atoms with Gasteiger partial charge in [0.1, 0.15) is 16.7 Å². The van der Waals surface area contributed by atoms with Crippen molar-refractivity contribution in [2.24, 2.45) is 0 Å². The molecule has 0 saturated heterocycles. The Kier molecular flexibility index (Phi) is 2.79. The molecule has 0 spiro atoms. The molecule has 0 amide bonds. The third kappa shape index (κ3) is 1.61. The van der Waals surface area contributed by atoms with Gasteiger partial charge in [-0.2, -0.15) is 5.26 Å². The topological polar surface area (TPSA) is 80.5 Å². The fraction of sp³-hybridized carbons (Fsp3) is 0.100. The molecule has 2 rings (SSSR count). The van der Waals surface area contributed by atoms with Gasteiger partial charge in [-0.15, -0.1) is 16.9 Å². The number of anilines is 1. The fourth-order valence-corrected chi connectivity index (χ4v) is 2.01. The van der Waals surface area contributed by atoms with Crippen LogP contribution in [0.3, 0.4) is 0 Å². The predicted molar refractivity (Wildman–Crippen MR) is 62.3 cm³/mol. The molecule has 0 atom stereocenters. The highest BCUT2D eigenvalue weighted by molar-refractivity contribution is 7.98. The molecule has 0 aliphatic heterocycles. The van der Waals surface area contributed by atoms with Crippen LogP contribution in [0.1, 0.15) is 5.56 Å². The number of aromatic nitrogens is 3. The SMILES string of the molecule is CSc1c(C#N)c(N)nn1-c1ccccn1. The number of thioether (sulfide) groups is 1. The highest BCUT2D eigenvalue weighted by Crippen LogP contribution is 2.26. The van der Waals surface area contributed by atoms with Gasteiger partial charge in [0.05, 0.1) is 0 Å². The van der Waals surface area contributed by atoms with Crippen molar-refractivity contribution in [1.82, 2.24) is 14.8 Å². The molecule has 0 fully saturated rings. The molecule has 0 bridgehead atoms. The van der Waals surface area contributed by atoms with Crippen LogP contribution in [0.15, 0.2) is 29.4 Å². The molecule has 5 nitrogen and oxygen atoms in total. The van der Waals surface area contributed by atoms with E-state index in [-0.39, 0.29) is 5.82 Å². The maximum Gasteiger partial charge on any atom is 0.165 e. The average molecular weight is 231 g/mol. The number of nitriles is 1. The summed E-state index contributed by atoms with van der Waals surface area (Å²) in [5.74, 6) is 0.887. The zero-order valence-electron chi connectivity index (χ0n) is 8.58. The molecule has 0 aliphatic carbocycles. The van der Waals surface area contributed by atoms with Crippen molar-refractivity contribution in [2.45, 2.75) is 5.03 Å². The van der Waals surface area contributed by atoms with E-state index in [4.69, 9.17) is 11.0 Å². The van der Waals surface area contributed by atoms with Crippen molar-refractivity contribution < 1.29 is 0 Å². The van der Waals surface area contributed by atoms with Crippen LogP contribution in [-0.4, -0.2) is 21.0 Å². The van der Waals surface area contributed by atoms with E-state index in [1.807, 2.05) is 30.5 Å². The lowest BCUT2D eigenvalue weighted by molar-refractivity contribution is 0.779. The Bertz CT molecular complexity index is 540. The van der Waals surface area contributed by atoms with Crippen LogP contribution in [0.4, 0.5) is 5.82 Å². The normalized spacial score (nSPS) is 10.0. The lowest BCUT2D eigenvalue weighted by Crippen LogP contribution is -2.00. The second-order valence-corrected chi connectivity index (χ2v) is 3.78. The molecule has 0 unspecified atom stereocenters. The van der Waals surface area contributed by atoms with Crippen LogP contribution >= 0.6 is 11.8 Å². The molecule has 0 aromatic carbocycles. The molecule has 0 radical (unpaired) electrons. The number of rotatable bonds is 2. The van der Waals surface area contributed by atoms with Crippen LogP contribution in [0.5, 0.6) is 0 Å². The van der Waals surface area contributed by atoms with E-state index < -0.39 is 0 Å². The molecule has 2 aromatic rings. The minimum atomic E-state index is 0.234. The minimum absolute atomic E-state index is 0.234.